The lowest BCUT2D eigenvalue weighted by atomic mass is 9.63. The molecule has 0 radical (unpaired) electrons. The van der Waals surface area contributed by atoms with Crippen LogP contribution >= 0.6 is 0 Å². The van der Waals surface area contributed by atoms with E-state index in [0.717, 1.165) is 24.0 Å². The van der Waals surface area contributed by atoms with Gasteiger partial charge < -0.3 is 10.4 Å². The first kappa shape index (κ1) is 22.7. The van der Waals surface area contributed by atoms with Gasteiger partial charge in [-0.05, 0) is 87.5 Å². The molecule has 3 atom stereocenters. The molecule has 4 rings (SSSR count). The highest BCUT2D eigenvalue weighted by Gasteiger charge is 2.43. The topological polar surface area (TPSA) is 75.1 Å². The number of aromatic nitrogens is 2. The summed E-state index contributed by atoms with van der Waals surface area (Å²) in [6.07, 6.45) is -0.818. The van der Waals surface area contributed by atoms with Crippen molar-refractivity contribution in [3.8, 4) is 0 Å². The molecular formula is C24H28F3N3O2. The lowest BCUT2D eigenvalue weighted by molar-refractivity contribution is -0.151. The fourth-order valence-electron chi connectivity index (χ4n) is 5.27. The van der Waals surface area contributed by atoms with E-state index >= 15 is 0 Å². The van der Waals surface area contributed by atoms with Crippen LogP contribution in [0.5, 0.6) is 0 Å². The number of carbonyl (C=O) groups is 1. The second-order valence-electron chi connectivity index (χ2n) is 9.27. The third-order valence-corrected chi connectivity index (χ3v) is 6.94. The molecule has 0 spiro atoms. The molecule has 0 saturated heterocycles. The Hall–Kier alpha value is -2.48. The number of amides is 1. The van der Waals surface area contributed by atoms with Crippen LogP contribution in [-0.2, 0) is 6.42 Å². The molecule has 1 amide bonds. The minimum absolute atomic E-state index is 0.168. The lowest BCUT2D eigenvalue weighted by Gasteiger charge is -2.45. The van der Waals surface area contributed by atoms with Crippen LogP contribution in [0.15, 0.2) is 24.4 Å². The maximum atomic E-state index is 12.8. The van der Waals surface area contributed by atoms with E-state index in [4.69, 9.17) is 0 Å². The van der Waals surface area contributed by atoms with E-state index in [9.17, 15) is 23.1 Å². The maximum absolute atomic E-state index is 12.8. The molecule has 2 aliphatic rings. The van der Waals surface area contributed by atoms with Gasteiger partial charge in [-0.1, -0.05) is 6.07 Å². The highest BCUT2D eigenvalue weighted by molar-refractivity contribution is 6.04. The highest BCUT2D eigenvalue weighted by atomic mass is 19.4. The summed E-state index contributed by atoms with van der Waals surface area (Å²) in [5.74, 6) is 0.800. The molecule has 1 saturated carbocycles. The van der Waals surface area contributed by atoms with Gasteiger partial charge in [-0.2, -0.15) is 13.2 Å². The van der Waals surface area contributed by atoms with Gasteiger partial charge >= 0.3 is 6.18 Å². The summed E-state index contributed by atoms with van der Waals surface area (Å²) in [4.78, 5) is 21.2. The standard InChI is InChI=1S/C24H28F3N3O2/c1-14-21(13-28-15(2)29-14)30-22(31)17-5-6-19-16(11-17)3-4-18-12-23(32,8-7-20(18)19)9-10-24(25,26)27/h5-6,11,13,18,20,32H,3-4,7-10,12H2,1-2H3,(H,30,31)/t18?,20?,23-/m0/s1. The SMILES string of the molecule is Cc1ncc(NC(=O)c2ccc3c(c2)CCC2C[C@@](O)(CCC(F)(F)F)CCC32)c(C)n1. The average Bonchev–Trinajstić information content (AvgIpc) is 2.73. The number of halogens is 3. The van der Waals surface area contributed by atoms with Gasteiger partial charge in [0.2, 0.25) is 0 Å². The Morgan fingerprint density at radius 1 is 1.28 bits per heavy atom. The molecule has 8 heteroatoms. The smallest absolute Gasteiger partial charge is 0.389 e. The van der Waals surface area contributed by atoms with Crippen molar-refractivity contribution in [2.24, 2.45) is 5.92 Å². The molecule has 2 unspecified atom stereocenters. The normalized spacial score (nSPS) is 25.1. The number of anilines is 1. The number of nitrogens with one attached hydrogen (secondary N) is 1. The molecule has 1 aromatic carbocycles. The number of carbonyl (C=O) groups excluding carboxylic acids is 1. The van der Waals surface area contributed by atoms with E-state index in [1.54, 1.807) is 19.2 Å². The number of nitrogens with zero attached hydrogens (tertiary/aromatic N) is 2. The van der Waals surface area contributed by atoms with Crippen molar-refractivity contribution >= 4 is 11.6 Å². The Bertz CT molecular complexity index is 1020. The Morgan fingerprint density at radius 2 is 2.06 bits per heavy atom. The fourth-order valence-corrected chi connectivity index (χ4v) is 5.27. The van der Waals surface area contributed by atoms with Gasteiger partial charge in [0.1, 0.15) is 5.82 Å². The summed E-state index contributed by atoms with van der Waals surface area (Å²) < 4.78 is 37.9. The monoisotopic (exact) mass is 447 g/mol. The quantitative estimate of drug-likeness (QED) is 0.671. The third kappa shape index (κ3) is 4.95. The molecule has 2 N–H and O–H groups in total. The van der Waals surface area contributed by atoms with E-state index in [1.165, 1.54) is 0 Å². The second kappa shape index (κ2) is 8.46. The van der Waals surface area contributed by atoms with E-state index in [1.807, 2.05) is 19.1 Å². The van der Waals surface area contributed by atoms with E-state index in [-0.39, 0.29) is 24.2 Å². The van der Waals surface area contributed by atoms with Crippen molar-refractivity contribution in [1.82, 2.24) is 9.97 Å². The molecule has 2 aliphatic carbocycles. The molecule has 1 heterocycles. The Labute approximate surface area is 185 Å². The summed E-state index contributed by atoms with van der Waals surface area (Å²) in [6.45, 7) is 3.61. The number of fused-ring (bicyclic) bond motifs is 3. The first-order valence-corrected chi connectivity index (χ1v) is 11.1. The van der Waals surface area contributed by atoms with E-state index in [0.29, 0.717) is 42.0 Å². The molecular weight excluding hydrogens is 419 g/mol. The number of hydrogen-bond donors (Lipinski definition) is 2. The summed E-state index contributed by atoms with van der Waals surface area (Å²) >= 11 is 0. The van der Waals surface area contributed by atoms with Crippen LogP contribution < -0.4 is 5.32 Å². The first-order chi connectivity index (χ1) is 15.0. The number of rotatable bonds is 4. The third-order valence-electron chi connectivity index (χ3n) is 6.94. The summed E-state index contributed by atoms with van der Waals surface area (Å²) in [5, 5.41) is 13.6. The van der Waals surface area contributed by atoms with Gasteiger partial charge in [-0.3, -0.25) is 4.79 Å². The number of alkyl halides is 3. The highest BCUT2D eigenvalue weighted by Crippen LogP contribution is 2.50. The molecule has 0 aliphatic heterocycles. The van der Waals surface area contributed by atoms with Gasteiger partial charge in [-0.25, -0.2) is 9.97 Å². The number of aryl methyl sites for hydroxylation is 3. The molecule has 0 bridgehead atoms. The minimum atomic E-state index is -4.24. The lowest BCUT2D eigenvalue weighted by Crippen LogP contribution is -2.41. The number of aliphatic hydroxyl groups is 1. The molecule has 2 aromatic rings. The largest absolute Gasteiger partial charge is 0.390 e. The number of benzene rings is 1. The van der Waals surface area contributed by atoms with Crippen LogP contribution in [0.3, 0.4) is 0 Å². The molecule has 1 fully saturated rings. The summed E-state index contributed by atoms with van der Waals surface area (Å²) in [6, 6.07) is 5.68. The fraction of sp³-hybridized carbons (Fsp3) is 0.542. The van der Waals surface area contributed by atoms with Crippen molar-refractivity contribution in [2.45, 2.75) is 76.5 Å². The molecule has 32 heavy (non-hydrogen) atoms. The van der Waals surface area contributed by atoms with Gasteiger partial charge in [-0.15, -0.1) is 0 Å². The van der Waals surface area contributed by atoms with Crippen LogP contribution in [-0.4, -0.2) is 32.8 Å². The van der Waals surface area contributed by atoms with Gasteiger partial charge in [0, 0.05) is 12.0 Å². The van der Waals surface area contributed by atoms with Gasteiger partial charge in [0.05, 0.1) is 23.2 Å². The van der Waals surface area contributed by atoms with Crippen molar-refractivity contribution < 1.29 is 23.1 Å². The van der Waals surface area contributed by atoms with Gasteiger partial charge in [0.25, 0.3) is 5.91 Å². The summed E-state index contributed by atoms with van der Waals surface area (Å²) in [5.41, 5.74) is 2.86. The maximum Gasteiger partial charge on any atom is 0.389 e. The summed E-state index contributed by atoms with van der Waals surface area (Å²) in [7, 11) is 0. The van der Waals surface area contributed by atoms with Crippen LogP contribution in [0.4, 0.5) is 18.9 Å². The van der Waals surface area contributed by atoms with Crippen LogP contribution in [0.1, 0.15) is 77.4 Å². The van der Waals surface area contributed by atoms with Gasteiger partial charge in [0.15, 0.2) is 0 Å². The minimum Gasteiger partial charge on any atom is -0.390 e. The molecule has 172 valence electrons. The second-order valence-corrected chi connectivity index (χ2v) is 9.27. The first-order valence-electron chi connectivity index (χ1n) is 11.1. The zero-order chi connectivity index (χ0) is 23.1. The Kier molecular flexibility index (Phi) is 6.00. The average molecular weight is 448 g/mol. The van der Waals surface area contributed by atoms with Crippen molar-refractivity contribution in [1.29, 1.82) is 0 Å². The predicted molar refractivity (Wildman–Crippen MR) is 115 cm³/mol. The zero-order valence-corrected chi connectivity index (χ0v) is 18.3. The van der Waals surface area contributed by atoms with E-state index < -0.39 is 18.2 Å². The predicted octanol–water partition coefficient (Wildman–Crippen LogP) is 5.25. The van der Waals surface area contributed by atoms with Crippen molar-refractivity contribution in [3.05, 3.63) is 52.6 Å². The van der Waals surface area contributed by atoms with Crippen molar-refractivity contribution in [3.63, 3.8) is 0 Å². The number of hydrogen-bond acceptors (Lipinski definition) is 4. The Balaban J connectivity index is 1.46. The van der Waals surface area contributed by atoms with Crippen LogP contribution in [0, 0.1) is 19.8 Å². The Morgan fingerprint density at radius 3 is 2.78 bits per heavy atom. The molecule has 1 aromatic heterocycles. The zero-order valence-electron chi connectivity index (χ0n) is 18.3. The van der Waals surface area contributed by atoms with Crippen LogP contribution in [0.25, 0.3) is 0 Å². The van der Waals surface area contributed by atoms with Crippen molar-refractivity contribution in [2.75, 3.05) is 5.32 Å². The molecule has 5 nitrogen and oxygen atoms in total. The van der Waals surface area contributed by atoms with Crippen LogP contribution in [0.2, 0.25) is 0 Å². The van der Waals surface area contributed by atoms with E-state index in [2.05, 4.69) is 15.3 Å².